The lowest BCUT2D eigenvalue weighted by atomic mass is 10.1. The van der Waals surface area contributed by atoms with E-state index in [9.17, 15) is 0 Å². The van der Waals surface area contributed by atoms with E-state index in [-0.39, 0.29) is 0 Å². The minimum atomic E-state index is 0.444. The summed E-state index contributed by atoms with van der Waals surface area (Å²) in [5, 5.41) is 3.18. The molecule has 25 heavy (non-hydrogen) atoms. The molecule has 4 heteroatoms. The molecular weight excluding hydrogens is 308 g/mol. The van der Waals surface area contributed by atoms with E-state index in [1.165, 1.54) is 22.3 Å². The highest BCUT2D eigenvalue weighted by Crippen LogP contribution is 2.14. The van der Waals surface area contributed by atoms with Crippen molar-refractivity contribution in [2.75, 3.05) is 18.4 Å². The Labute approximate surface area is 151 Å². The fourth-order valence-corrected chi connectivity index (χ4v) is 2.94. The van der Waals surface area contributed by atoms with Crippen LogP contribution in [0.25, 0.3) is 0 Å². The van der Waals surface area contributed by atoms with Crippen molar-refractivity contribution >= 4 is 11.6 Å². The summed E-state index contributed by atoms with van der Waals surface area (Å²) in [5.41, 5.74) is 11.9. The number of hydrogen-bond donors (Lipinski definition) is 2. The van der Waals surface area contributed by atoms with Gasteiger partial charge in [-0.15, -0.1) is 0 Å². The van der Waals surface area contributed by atoms with Gasteiger partial charge in [-0.2, -0.15) is 0 Å². The predicted molar refractivity (Wildman–Crippen MR) is 108 cm³/mol. The molecule has 0 radical (unpaired) electrons. The second-order valence-corrected chi connectivity index (χ2v) is 6.48. The van der Waals surface area contributed by atoms with Gasteiger partial charge < -0.3 is 11.1 Å². The summed E-state index contributed by atoms with van der Waals surface area (Å²) in [7, 11) is 0. The van der Waals surface area contributed by atoms with Crippen molar-refractivity contribution in [2.45, 2.75) is 40.8 Å². The molecule has 0 heterocycles. The van der Waals surface area contributed by atoms with Gasteiger partial charge in [-0.05, 0) is 61.3 Å². The van der Waals surface area contributed by atoms with Crippen LogP contribution in [0.2, 0.25) is 0 Å². The third-order valence-corrected chi connectivity index (χ3v) is 4.22. The molecule has 4 nitrogen and oxygen atoms in total. The Morgan fingerprint density at radius 2 is 1.64 bits per heavy atom. The molecule has 2 rings (SSSR count). The average molecular weight is 338 g/mol. The first kappa shape index (κ1) is 19.0. The summed E-state index contributed by atoms with van der Waals surface area (Å²) in [6.45, 7) is 12.2. The summed E-state index contributed by atoms with van der Waals surface area (Å²) < 4.78 is 0. The molecule has 0 bridgehead atoms. The van der Waals surface area contributed by atoms with E-state index in [1.54, 1.807) is 0 Å². The highest BCUT2D eigenvalue weighted by Gasteiger charge is 2.02. The van der Waals surface area contributed by atoms with Crippen molar-refractivity contribution < 1.29 is 0 Å². The SMILES string of the molecule is CCN(CC)Cc1cccc(CN=C(N)Nc2cc(C)cc(C)c2)c1. The molecule has 0 aliphatic carbocycles. The number of anilines is 1. The Morgan fingerprint density at radius 3 is 2.28 bits per heavy atom. The second-order valence-electron chi connectivity index (χ2n) is 6.48. The van der Waals surface area contributed by atoms with E-state index in [2.05, 4.69) is 85.4 Å². The van der Waals surface area contributed by atoms with Crippen LogP contribution >= 0.6 is 0 Å². The number of nitrogens with zero attached hydrogens (tertiary/aromatic N) is 2. The lowest BCUT2D eigenvalue weighted by Gasteiger charge is -2.18. The Bertz CT molecular complexity index is 697. The summed E-state index contributed by atoms with van der Waals surface area (Å²) in [4.78, 5) is 6.88. The minimum Gasteiger partial charge on any atom is -0.370 e. The van der Waals surface area contributed by atoms with Crippen molar-refractivity contribution in [3.8, 4) is 0 Å². The average Bonchev–Trinajstić information content (AvgIpc) is 2.57. The van der Waals surface area contributed by atoms with Crippen molar-refractivity contribution in [1.82, 2.24) is 4.90 Å². The molecule has 0 amide bonds. The van der Waals surface area contributed by atoms with Crippen LogP contribution in [0.4, 0.5) is 5.69 Å². The van der Waals surface area contributed by atoms with E-state index in [4.69, 9.17) is 5.73 Å². The van der Waals surface area contributed by atoms with Gasteiger partial charge in [0.05, 0.1) is 6.54 Å². The van der Waals surface area contributed by atoms with Crippen LogP contribution in [0.15, 0.2) is 47.5 Å². The van der Waals surface area contributed by atoms with Crippen LogP contribution in [0, 0.1) is 13.8 Å². The fraction of sp³-hybridized carbons (Fsp3) is 0.381. The van der Waals surface area contributed by atoms with Crippen molar-refractivity contribution in [1.29, 1.82) is 0 Å². The van der Waals surface area contributed by atoms with Gasteiger partial charge in [0.15, 0.2) is 5.96 Å². The molecule has 0 atom stereocenters. The molecule has 0 aromatic heterocycles. The number of aliphatic imine (C=N–C) groups is 1. The normalized spacial score (nSPS) is 11.8. The summed E-state index contributed by atoms with van der Waals surface area (Å²) >= 11 is 0. The fourth-order valence-electron chi connectivity index (χ4n) is 2.94. The molecule has 0 fully saturated rings. The zero-order chi connectivity index (χ0) is 18.2. The number of benzene rings is 2. The molecule has 2 aromatic rings. The topological polar surface area (TPSA) is 53.6 Å². The Hall–Kier alpha value is -2.33. The lowest BCUT2D eigenvalue weighted by molar-refractivity contribution is 0.296. The molecule has 2 aromatic carbocycles. The summed E-state index contributed by atoms with van der Waals surface area (Å²) in [6.07, 6.45) is 0. The van der Waals surface area contributed by atoms with Gasteiger partial charge in [-0.25, -0.2) is 4.99 Å². The van der Waals surface area contributed by atoms with E-state index < -0.39 is 0 Å². The van der Waals surface area contributed by atoms with Crippen molar-refractivity contribution in [3.05, 3.63) is 64.7 Å². The van der Waals surface area contributed by atoms with Crippen LogP contribution in [-0.4, -0.2) is 23.9 Å². The third kappa shape index (κ3) is 6.24. The maximum atomic E-state index is 6.05. The highest BCUT2D eigenvalue weighted by atomic mass is 15.1. The van der Waals surface area contributed by atoms with Crippen LogP contribution < -0.4 is 11.1 Å². The lowest BCUT2D eigenvalue weighted by Crippen LogP contribution is -2.23. The smallest absolute Gasteiger partial charge is 0.193 e. The van der Waals surface area contributed by atoms with E-state index >= 15 is 0 Å². The molecule has 0 saturated carbocycles. The van der Waals surface area contributed by atoms with Crippen LogP contribution in [0.1, 0.15) is 36.1 Å². The van der Waals surface area contributed by atoms with Gasteiger partial charge >= 0.3 is 0 Å². The largest absolute Gasteiger partial charge is 0.370 e. The summed E-state index contributed by atoms with van der Waals surface area (Å²) in [6, 6.07) is 14.9. The zero-order valence-corrected chi connectivity index (χ0v) is 15.8. The van der Waals surface area contributed by atoms with Gasteiger partial charge in [-0.1, -0.05) is 44.2 Å². The number of rotatable bonds is 7. The van der Waals surface area contributed by atoms with E-state index in [0.29, 0.717) is 12.5 Å². The van der Waals surface area contributed by atoms with Gasteiger partial charge in [0.2, 0.25) is 0 Å². The van der Waals surface area contributed by atoms with E-state index in [1.807, 2.05) is 0 Å². The molecule has 0 aliphatic heterocycles. The summed E-state index contributed by atoms with van der Waals surface area (Å²) in [5.74, 6) is 0.444. The van der Waals surface area contributed by atoms with Gasteiger partial charge in [-0.3, -0.25) is 4.90 Å². The monoisotopic (exact) mass is 338 g/mol. The van der Waals surface area contributed by atoms with Crippen molar-refractivity contribution in [3.63, 3.8) is 0 Å². The predicted octanol–water partition coefficient (Wildman–Crippen LogP) is 4.07. The number of nitrogens with one attached hydrogen (secondary N) is 1. The molecule has 0 aliphatic rings. The molecular formula is C21H30N4. The first-order chi connectivity index (χ1) is 12.0. The molecule has 0 unspecified atom stereocenters. The maximum absolute atomic E-state index is 6.05. The Kier molecular flexibility index (Phi) is 7.02. The number of hydrogen-bond acceptors (Lipinski definition) is 2. The molecule has 0 saturated heterocycles. The van der Waals surface area contributed by atoms with E-state index in [0.717, 1.165) is 25.3 Å². The number of guanidine groups is 1. The zero-order valence-electron chi connectivity index (χ0n) is 15.8. The maximum Gasteiger partial charge on any atom is 0.193 e. The number of nitrogens with two attached hydrogens (primary N) is 1. The van der Waals surface area contributed by atoms with Crippen LogP contribution in [0.3, 0.4) is 0 Å². The first-order valence-electron chi connectivity index (χ1n) is 8.95. The first-order valence-corrected chi connectivity index (χ1v) is 8.95. The highest BCUT2D eigenvalue weighted by molar-refractivity contribution is 5.92. The van der Waals surface area contributed by atoms with Gasteiger partial charge in [0.1, 0.15) is 0 Å². The minimum absolute atomic E-state index is 0.444. The standard InChI is InChI=1S/C21H30N4/c1-5-25(6-2)15-19-9-7-8-18(13-19)14-23-21(22)24-20-11-16(3)10-17(4)12-20/h7-13H,5-6,14-15H2,1-4H3,(H3,22,23,24). The van der Waals surface area contributed by atoms with Gasteiger partial charge in [0.25, 0.3) is 0 Å². The Morgan fingerprint density at radius 1 is 1.00 bits per heavy atom. The Balaban J connectivity index is 2.00. The van der Waals surface area contributed by atoms with Gasteiger partial charge in [0, 0.05) is 12.2 Å². The number of aryl methyl sites for hydroxylation is 2. The molecule has 3 N–H and O–H groups in total. The molecule has 0 spiro atoms. The molecule has 134 valence electrons. The van der Waals surface area contributed by atoms with Crippen LogP contribution in [-0.2, 0) is 13.1 Å². The second kappa shape index (κ2) is 9.23. The van der Waals surface area contributed by atoms with Crippen LogP contribution in [0.5, 0.6) is 0 Å². The van der Waals surface area contributed by atoms with Crippen molar-refractivity contribution in [2.24, 2.45) is 10.7 Å². The third-order valence-electron chi connectivity index (χ3n) is 4.22. The quantitative estimate of drug-likeness (QED) is 0.591.